The Labute approximate surface area is 373 Å². The molecule has 0 bridgehead atoms. The first-order valence-corrected chi connectivity index (χ1v) is 25.9. The summed E-state index contributed by atoms with van der Waals surface area (Å²) >= 11 is 0. The molecule has 9 nitrogen and oxygen atoms in total. The number of phosphoric acid groups is 1. The highest BCUT2D eigenvalue weighted by Gasteiger charge is 2.25. The second kappa shape index (κ2) is 46.9. The Balaban J connectivity index is 4.19. The summed E-state index contributed by atoms with van der Waals surface area (Å²) in [6.45, 7) is 3.62. The lowest BCUT2D eigenvalue weighted by atomic mass is 10.0. The molecule has 0 spiro atoms. The van der Waals surface area contributed by atoms with Crippen LogP contribution in [0.15, 0.2) is 72.9 Å². The fourth-order valence-electron chi connectivity index (χ4n) is 6.44. The molecule has 0 heterocycles. The van der Waals surface area contributed by atoms with Crippen LogP contribution in [0.4, 0.5) is 0 Å². The standard InChI is InChI=1S/C51H90NO8P/c1-3-5-7-9-11-13-15-17-19-21-23-24-26-27-29-31-33-35-37-39-41-43-50(53)57-47-49(48-59-61(55,56)58-46-45-52)60-51(54)44-42-40-38-36-34-32-30-28-25-22-20-18-16-14-12-10-8-6-4-2/h12,14,17-20,25,28,32,34,38,40,49H,3-11,13,15-16,21-24,26-27,29-31,33,35-37,39,41-48,52H2,1-2H3,(H,55,56)/b14-12-,19-17-,20-18-,28-25-,34-32-,40-38-/t49-/m1/s1. The van der Waals surface area contributed by atoms with Crippen LogP contribution in [-0.4, -0.2) is 49.3 Å². The summed E-state index contributed by atoms with van der Waals surface area (Å²) in [5.74, 6) is -0.926. The zero-order valence-corrected chi connectivity index (χ0v) is 39.8. The van der Waals surface area contributed by atoms with Crippen LogP contribution in [0.1, 0.15) is 206 Å². The van der Waals surface area contributed by atoms with Crippen LogP contribution >= 0.6 is 7.82 Å². The number of unbranched alkanes of at least 4 members (excludes halogenated alkanes) is 20. The molecule has 1 unspecified atom stereocenters. The Hall–Kier alpha value is -2.55. The maximum Gasteiger partial charge on any atom is 0.472 e. The van der Waals surface area contributed by atoms with E-state index in [2.05, 4.69) is 74.6 Å². The monoisotopic (exact) mass is 876 g/mol. The van der Waals surface area contributed by atoms with Crippen LogP contribution in [-0.2, 0) is 32.7 Å². The van der Waals surface area contributed by atoms with Crippen LogP contribution < -0.4 is 5.73 Å². The number of hydrogen-bond donors (Lipinski definition) is 2. The number of carbonyl (C=O) groups excluding carboxylic acids is 2. The Kier molecular flexibility index (Phi) is 45.0. The number of esters is 2. The SMILES string of the molecule is CCCCC/C=C\C/C=C\C/C=C\C/C=C\C/C=C\CCC(=O)O[C@H](COC(=O)CCCCCCCCCCCCC/C=C\CCCCCCCC)COP(=O)(O)OCCN. The van der Waals surface area contributed by atoms with Gasteiger partial charge in [-0.15, -0.1) is 0 Å². The van der Waals surface area contributed by atoms with Gasteiger partial charge in [-0.3, -0.25) is 18.6 Å². The number of hydrogen-bond acceptors (Lipinski definition) is 8. The van der Waals surface area contributed by atoms with E-state index in [-0.39, 0.29) is 32.6 Å². The molecule has 0 aliphatic rings. The van der Waals surface area contributed by atoms with Gasteiger partial charge in [-0.2, -0.15) is 0 Å². The van der Waals surface area contributed by atoms with Crippen molar-refractivity contribution in [2.75, 3.05) is 26.4 Å². The molecule has 0 saturated carbocycles. The highest BCUT2D eigenvalue weighted by Crippen LogP contribution is 2.43. The van der Waals surface area contributed by atoms with E-state index in [1.165, 1.54) is 128 Å². The van der Waals surface area contributed by atoms with E-state index in [9.17, 15) is 19.0 Å². The number of allylic oxidation sites excluding steroid dienone is 12. The normalized spacial score (nSPS) is 13.8. The highest BCUT2D eigenvalue weighted by molar-refractivity contribution is 7.47. The van der Waals surface area contributed by atoms with Crippen molar-refractivity contribution in [3.8, 4) is 0 Å². The van der Waals surface area contributed by atoms with Gasteiger partial charge in [0.05, 0.1) is 13.2 Å². The molecule has 10 heteroatoms. The van der Waals surface area contributed by atoms with Crippen LogP contribution in [0.2, 0.25) is 0 Å². The van der Waals surface area contributed by atoms with Crippen molar-refractivity contribution in [3.63, 3.8) is 0 Å². The quantitative estimate of drug-likeness (QED) is 0.0265. The van der Waals surface area contributed by atoms with E-state index in [4.69, 9.17) is 24.3 Å². The van der Waals surface area contributed by atoms with Gasteiger partial charge in [0.1, 0.15) is 6.61 Å². The lowest BCUT2D eigenvalue weighted by molar-refractivity contribution is -0.161. The molecule has 352 valence electrons. The molecule has 0 aliphatic carbocycles. The number of carbonyl (C=O) groups is 2. The maximum atomic E-state index is 12.6. The van der Waals surface area contributed by atoms with Crippen molar-refractivity contribution in [2.24, 2.45) is 5.73 Å². The Morgan fingerprint density at radius 2 is 0.885 bits per heavy atom. The summed E-state index contributed by atoms with van der Waals surface area (Å²) in [5.41, 5.74) is 5.35. The third kappa shape index (κ3) is 46.8. The van der Waals surface area contributed by atoms with Gasteiger partial charge < -0.3 is 20.1 Å². The van der Waals surface area contributed by atoms with Crippen LogP contribution in [0.3, 0.4) is 0 Å². The van der Waals surface area contributed by atoms with Crippen molar-refractivity contribution in [1.29, 1.82) is 0 Å². The molecule has 2 atom stereocenters. The van der Waals surface area contributed by atoms with Gasteiger partial charge in [0.2, 0.25) is 0 Å². The number of nitrogens with two attached hydrogens (primary N) is 1. The molecule has 0 aromatic carbocycles. The smallest absolute Gasteiger partial charge is 0.462 e. The van der Waals surface area contributed by atoms with Gasteiger partial charge >= 0.3 is 19.8 Å². The predicted molar refractivity (Wildman–Crippen MR) is 256 cm³/mol. The molecule has 0 aromatic rings. The van der Waals surface area contributed by atoms with Crippen molar-refractivity contribution < 1.29 is 37.6 Å². The third-order valence-electron chi connectivity index (χ3n) is 10.1. The zero-order valence-electron chi connectivity index (χ0n) is 38.9. The number of phosphoric ester groups is 1. The largest absolute Gasteiger partial charge is 0.472 e. The van der Waals surface area contributed by atoms with Gasteiger partial charge in [0.15, 0.2) is 6.10 Å². The molecule has 0 rings (SSSR count). The minimum atomic E-state index is -4.40. The van der Waals surface area contributed by atoms with Crippen LogP contribution in [0.25, 0.3) is 0 Å². The number of rotatable bonds is 45. The van der Waals surface area contributed by atoms with Gasteiger partial charge in [0.25, 0.3) is 0 Å². The average molecular weight is 876 g/mol. The fourth-order valence-corrected chi connectivity index (χ4v) is 7.20. The van der Waals surface area contributed by atoms with Crippen molar-refractivity contribution in [1.82, 2.24) is 0 Å². The van der Waals surface area contributed by atoms with E-state index >= 15 is 0 Å². The Morgan fingerprint density at radius 3 is 1.38 bits per heavy atom. The van der Waals surface area contributed by atoms with E-state index in [1.54, 1.807) is 0 Å². The van der Waals surface area contributed by atoms with Crippen molar-refractivity contribution in [2.45, 2.75) is 213 Å². The second-order valence-corrected chi connectivity index (χ2v) is 17.4. The Morgan fingerprint density at radius 1 is 0.492 bits per heavy atom. The minimum absolute atomic E-state index is 0.0394. The van der Waals surface area contributed by atoms with Crippen molar-refractivity contribution >= 4 is 19.8 Å². The van der Waals surface area contributed by atoms with Crippen LogP contribution in [0.5, 0.6) is 0 Å². The second-order valence-electron chi connectivity index (χ2n) is 16.0. The molecular weight excluding hydrogens is 786 g/mol. The predicted octanol–water partition coefficient (Wildman–Crippen LogP) is 14.6. The van der Waals surface area contributed by atoms with E-state index in [0.29, 0.717) is 6.42 Å². The minimum Gasteiger partial charge on any atom is -0.462 e. The van der Waals surface area contributed by atoms with E-state index < -0.39 is 32.5 Å². The molecule has 0 amide bonds. The molecule has 0 radical (unpaired) electrons. The van der Waals surface area contributed by atoms with Gasteiger partial charge in [-0.05, 0) is 77.0 Å². The van der Waals surface area contributed by atoms with E-state index in [1.807, 2.05) is 12.2 Å². The van der Waals surface area contributed by atoms with Gasteiger partial charge in [-0.25, -0.2) is 4.57 Å². The molecule has 0 saturated heterocycles. The summed E-state index contributed by atoms with van der Waals surface area (Å²) < 4.78 is 32.8. The van der Waals surface area contributed by atoms with Gasteiger partial charge in [0, 0.05) is 19.4 Å². The molecule has 3 N–H and O–H groups in total. The topological polar surface area (TPSA) is 134 Å². The van der Waals surface area contributed by atoms with E-state index in [0.717, 1.165) is 44.9 Å². The number of ether oxygens (including phenoxy) is 2. The first kappa shape index (κ1) is 58.5. The first-order valence-electron chi connectivity index (χ1n) is 24.4. The molecule has 0 fully saturated rings. The van der Waals surface area contributed by atoms with Crippen LogP contribution in [0, 0.1) is 0 Å². The third-order valence-corrected chi connectivity index (χ3v) is 11.1. The lowest BCUT2D eigenvalue weighted by Gasteiger charge is -2.19. The summed E-state index contributed by atoms with van der Waals surface area (Å²) in [6.07, 6.45) is 58.1. The molecule has 61 heavy (non-hydrogen) atoms. The highest BCUT2D eigenvalue weighted by atomic mass is 31.2. The zero-order chi connectivity index (χ0) is 44.6. The molecule has 0 aliphatic heterocycles. The molecule has 0 aromatic heterocycles. The summed E-state index contributed by atoms with van der Waals surface area (Å²) in [5, 5.41) is 0. The summed E-state index contributed by atoms with van der Waals surface area (Å²) in [4.78, 5) is 35.0. The maximum absolute atomic E-state index is 12.6. The summed E-state index contributed by atoms with van der Waals surface area (Å²) in [7, 11) is -4.40. The fraction of sp³-hybridized carbons (Fsp3) is 0.725. The molecular formula is C51H90NO8P. The van der Waals surface area contributed by atoms with Gasteiger partial charge in [-0.1, -0.05) is 189 Å². The van der Waals surface area contributed by atoms with Crippen molar-refractivity contribution in [3.05, 3.63) is 72.9 Å². The Bertz CT molecular complexity index is 1230. The average Bonchev–Trinajstić information content (AvgIpc) is 3.25. The first-order chi connectivity index (χ1) is 29.8. The summed E-state index contributed by atoms with van der Waals surface area (Å²) in [6, 6.07) is 0. The lowest BCUT2D eigenvalue weighted by Crippen LogP contribution is -2.29.